The predicted molar refractivity (Wildman–Crippen MR) is 74.7 cm³/mol. The maximum Gasteiger partial charge on any atom is 0.115 e. The summed E-state index contributed by atoms with van der Waals surface area (Å²) in [4.78, 5) is 8.05. The molecule has 0 fully saturated rings. The molecule has 3 N–H and O–H groups in total. The van der Waals surface area contributed by atoms with Crippen molar-refractivity contribution in [3.05, 3.63) is 24.3 Å². The van der Waals surface area contributed by atoms with Gasteiger partial charge in [-0.3, -0.25) is 11.3 Å². The van der Waals surface area contributed by atoms with Crippen molar-refractivity contribution < 1.29 is 0 Å². The van der Waals surface area contributed by atoms with Crippen LogP contribution in [0, 0.1) is 0 Å². The van der Waals surface area contributed by atoms with Crippen molar-refractivity contribution in [2.24, 2.45) is 5.84 Å². The molecule has 1 heterocycles. The maximum atomic E-state index is 5.58. The Kier molecular flexibility index (Phi) is 8.34. The number of nitrogens with zero attached hydrogens (tertiary/aromatic N) is 2. The third kappa shape index (κ3) is 6.07. The van der Waals surface area contributed by atoms with Crippen molar-refractivity contribution in [2.45, 2.75) is 64.3 Å². The second-order valence-electron chi connectivity index (χ2n) is 4.80. The first-order valence-corrected chi connectivity index (χ1v) is 7.09. The molecule has 1 aromatic rings. The Morgan fingerprint density at radius 2 is 1.67 bits per heavy atom. The number of nitrogens with two attached hydrogens (primary N) is 1. The smallest absolute Gasteiger partial charge is 0.115 e. The molecule has 102 valence electrons. The average molecular weight is 250 g/mol. The first-order chi connectivity index (χ1) is 8.88. The van der Waals surface area contributed by atoms with Crippen LogP contribution in [-0.4, -0.2) is 9.97 Å². The van der Waals surface area contributed by atoms with Gasteiger partial charge in [-0.05, 0) is 6.42 Å². The highest BCUT2D eigenvalue weighted by Gasteiger charge is 2.09. The van der Waals surface area contributed by atoms with Gasteiger partial charge < -0.3 is 0 Å². The molecule has 1 atom stereocenters. The van der Waals surface area contributed by atoms with Crippen molar-refractivity contribution >= 4 is 0 Å². The van der Waals surface area contributed by atoms with Crippen LogP contribution in [0.2, 0.25) is 0 Å². The summed E-state index contributed by atoms with van der Waals surface area (Å²) in [6, 6.07) is 0.182. The molecule has 0 aliphatic carbocycles. The van der Waals surface area contributed by atoms with Crippen LogP contribution in [0.25, 0.3) is 0 Å². The molecular weight excluding hydrogens is 224 g/mol. The molecule has 0 spiro atoms. The highest BCUT2D eigenvalue weighted by molar-refractivity contribution is 5.08. The van der Waals surface area contributed by atoms with Gasteiger partial charge >= 0.3 is 0 Å². The number of aromatic nitrogens is 2. The van der Waals surface area contributed by atoms with E-state index in [2.05, 4.69) is 22.3 Å². The van der Waals surface area contributed by atoms with Crippen LogP contribution < -0.4 is 11.3 Å². The molecular formula is C14H26N4. The van der Waals surface area contributed by atoms with Crippen molar-refractivity contribution in [1.29, 1.82) is 0 Å². The summed E-state index contributed by atoms with van der Waals surface area (Å²) in [5.41, 5.74) is 3.92. The van der Waals surface area contributed by atoms with Crippen LogP contribution in [0.5, 0.6) is 0 Å². The van der Waals surface area contributed by atoms with Gasteiger partial charge in [-0.1, -0.05) is 51.9 Å². The zero-order chi connectivity index (χ0) is 13.1. The molecule has 0 amide bonds. The average Bonchev–Trinajstić information content (AvgIpc) is 2.43. The van der Waals surface area contributed by atoms with E-state index in [1.54, 1.807) is 6.33 Å². The molecule has 4 nitrogen and oxygen atoms in total. The Balaban J connectivity index is 2.13. The van der Waals surface area contributed by atoms with Gasteiger partial charge in [0.1, 0.15) is 6.33 Å². The van der Waals surface area contributed by atoms with E-state index in [9.17, 15) is 0 Å². The third-order valence-corrected chi connectivity index (χ3v) is 3.28. The fraction of sp³-hybridized carbons (Fsp3) is 0.714. The van der Waals surface area contributed by atoms with Crippen LogP contribution >= 0.6 is 0 Å². The number of rotatable bonds is 10. The molecule has 0 aliphatic rings. The quantitative estimate of drug-likeness (QED) is 0.380. The second kappa shape index (κ2) is 9.97. The number of hydrogen-bond donors (Lipinski definition) is 2. The van der Waals surface area contributed by atoms with Gasteiger partial charge in [0.15, 0.2) is 0 Å². The van der Waals surface area contributed by atoms with Crippen molar-refractivity contribution in [1.82, 2.24) is 15.4 Å². The summed E-state index contributed by atoms with van der Waals surface area (Å²) in [5.74, 6) is 5.58. The van der Waals surface area contributed by atoms with E-state index in [1.807, 2.05) is 12.4 Å². The third-order valence-electron chi connectivity index (χ3n) is 3.28. The van der Waals surface area contributed by atoms with Gasteiger partial charge in [-0.25, -0.2) is 9.97 Å². The molecule has 0 bridgehead atoms. The first kappa shape index (κ1) is 15.1. The van der Waals surface area contributed by atoms with Crippen LogP contribution in [-0.2, 0) is 0 Å². The van der Waals surface area contributed by atoms with Crippen LogP contribution in [0.3, 0.4) is 0 Å². The Hall–Kier alpha value is -1.00. The largest absolute Gasteiger partial charge is 0.271 e. The zero-order valence-electron chi connectivity index (χ0n) is 11.4. The van der Waals surface area contributed by atoms with E-state index < -0.39 is 0 Å². The lowest BCUT2D eigenvalue weighted by Crippen LogP contribution is -2.28. The second-order valence-corrected chi connectivity index (χ2v) is 4.80. The topological polar surface area (TPSA) is 63.8 Å². The molecule has 1 unspecified atom stereocenters. The molecule has 0 aromatic carbocycles. The molecule has 4 heteroatoms. The van der Waals surface area contributed by atoms with Gasteiger partial charge in [0.25, 0.3) is 0 Å². The van der Waals surface area contributed by atoms with Crippen LogP contribution in [0.1, 0.15) is 69.9 Å². The van der Waals surface area contributed by atoms with Gasteiger partial charge in [0.05, 0.1) is 0 Å². The van der Waals surface area contributed by atoms with Gasteiger partial charge in [0.2, 0.25) is 0 Å². The van der Waals surface area contributed by atoms with E-state index in [1.165, 1.54) is 44.9 Å². The summed E-state index contributed by atoms with van der Waals surface area (Å²) >= 11 is 0. The number of hydrogen-bond acceptors (Lipinski definition) is 4. The lowest BCUT2D eigenvalue weighted by atomic mass is 10.0. The SMILES string of the molecule is CCCCCCCCCC(NN)c1cncnc1. The molecule has 18 heavy (non-hydrogen) atoms. The van der Waals surface area contributed by atoms with Crippen molar-refractivity contribution in [3.63, 3.8) is 0 Å². The van der Waals surface area contributed by atoms with Gasteiger partial charge in [-0.2, -0.15) is 0 Å². The highest BCUT2D eigenvalue weighted by atomic mass is 15.2. The molecule has 0 radical (unpaired) electrons. The molecule has 0 saturated carbocycles. The normalized spacial score (nSPS) is 12.6. The van der Waals surface area contributed by atoms with E-state index in [0.717, 1.165) is 12.0 Å². The lowest BCUT2D eigenvalue weighted by molar-refractivity contribution is 0.473. The van der Waals surface area contributed by atoms with E-state index in [0.29, 0.717) is 0 Å². The fourth-order valence-corrected chi connectivity index (χ4v) is 2.14. The Bertz CT molecular complexity index is 289. The van der Waals surface area contributed by atoms with E-state index in [4.69, 9.17) is 5.84 Å². The van der Waals surface area contributed by atoms with Crippen molar-refractivity contribution in [2.75, 3.05) is 0 Å². The van der Waals surface area contributed by atoms with E-state index in [-0.39, 0.29) is 6.04 Å². The minimum absolute atomic E-state index is 0.182. The Morgan fingerprint density at radius 3 is 2.28 bits per heavy atom. The van der Waals surface area contributed by atoms with Gasteiger partial charge in [0, 0.05) is 24.0 Å². The van der Waals surface area contributed by atoms with Gasteiger partial charge in [-0.15, -0.1) is 0 Å². The Labute approximate surface area is 110 Å². The molecule has 1 rings (SSSR count). The number of nitrogens with one attached hydrogen (secondary N) is 1. The standard InChI is InChI=1S/C14H26N4/c1-2-3-4-5-6-7-8-9-14(18-15)13-10-16-12-17-11-13/h10-12,14,18H,2-9,15H2,1H3. The summed E-state index contributed by atoms with van der Waals surface area (Å²) < 4.78 is 0. The maximum absolute atomic E-state index is 5.58. The Morgan fingerprint density at radius 1 is 1.06 bits per heavy atom. The predicted octanol–water partition coefficient (Wildman–Crippen LogP) is 3.12. The lowest BCUT2D eigenvalue weighted by Gasteiger charge is -2.15. The highest BCUT2D eigenvalue weighted by Crippen LogP contribution is 2.18. The molecule has 0 saturated heterocycles. The zero-order valence-corrected chi connectivity index (χ0v) is 11.4. The fourth-order valence-electron chi connectivity index (χ4n) is 2.14. The van der Waals surface area contributed by atoms with Crippen LogP contribution in [0.4, 0.5) is 0 Å². The first-order valence-electron chi connectivity index (χ1n) is 7.09. The summed E-state index contributed by atoms with van der Waals surface area (Å²) in [6.45, 7) is 2.25. The van der Waals surface area contributed by atoms with Crippen molar-refractivity contribution in [3.8, 4) is 0 Å². The summed E-state index contributed by atoms with van der Waals surface area (Å²) in [7, 11) is 0. The van der Waals surface area contributed by atoms with E-state index >= 15 is 0 Å². The number of unbranched alkanes of at least 4 members (excludes halogenated alkanes) is 6. The monoisotopic (exact) mass is 250 g/mol. The molecule has 1 aromatic heterocycles. The minimum Gasteiger partial charge on any atom is -0.271 e. The summed E-state index contributed by atoms with van der Waals surface area (Å²) in [5, 5.41) is 0. The number of hydrazine groups is 1. The minimum atomic E-state index is 0.182. The van der Waals surface area contributed by atoms with Crippen LogP contribution in [0.15, 0.2) is 18.7 Å². The summed E-state index contributed by atoms with van der Waals surface area (Å²) in [6.07, 6.45) is 15.5. The molecule has 0 aliphatic heterocycles.